The standard InChI is InChI=1S/C14H9S/c1-2-5-11(6-3-1)12-7-4-8-14-13(12)9-10-15-14/h1-9H. The van der Waals surface area contributed by atoms with Gasteiger partial charge in [0.1, 0.15) is 0 Å². The number of fused-ring (bicyclic) bond motifs is 1. The van der Waals surface area contributed by atoms with Crippen LogP contribution in [0, 0.1) is 5.38 Å². The summed E-state index contributed by atoms with van der Waals surface area (Å²) < 4.78 is 1.30. The molecule has 15 heavy (non-hydrogen) atoms. The Hall–Kier alpha value is -1.60. The first-order valence-corrected chi connectivity index (χ1v) is 5.71. The normalized spacial score (nSPS) is 10.7. The first-order chi connectivity index (χ1) is 7.45. The van der Waals surface area contributed by atoms with Crippen LogP contribution in [0.15, 0.2) is 54.6 Å². The lowest BCUT2D eigenvalue weighted by Gasteiger charge is -2.02. The van der Waals surface area contributed by atoms with Gasteiger partial charge in [-0.3, -0.25) is 0 Å². The Bertz CT molecular complexity index is 578. The fourth-order valence-electron chi connectivity index (χ4n) is 1.80. The van der Waals surface area contributed by atoms with E-state index in [9.17, 15) is 0 Å². The second-order valence-corrected chi connectivity index (χ2v) is 4.33. The lowest BCUT2D eigenvalue weighted by Crippen LogP contribution is -1.76. The Labute approximate surface area is 92.8 Å². The summed E-state index contributed by atoms with van der Waals surface area (Å²) in [5.74, 6) is 0. The molecule has 3 rings (SSSR count). The zero-order valence-corrected chi connectivity index (χ0v) is 8.92. The third kappa shape index (κ3) is 1.45. The lowest BCUT2D eigenvalue weighted by molar-refractivity contribution is 1.67. The molecule has 0 fully saturated rings. The van der Waals surface area contributed by atoms with E-state index in [-0.39, 0.29) is 0 Å². The van der Waals surface area contributed by atoms with Crippen molar-refractivity contribution in [3.8, 4) is 11.1 Å². The molecule has 0 spiro atoms. The lowest BCUT2D eigenvalue weighted by atomic mass is 10.0. The maximum Gasteiger partial charge on any atom is 0.0455 e. The molecule has 1 radical (unpaired) electrons. The molecule has 0 amide bonds. The van der Waals surface area contributed by atoms with Crippen LogP contribution < -0.4 is 0 Å². The van der Waals surface area contributed by atoms with Crippen LogP contribution in [0.1, 0.15) is 0 Å². The van der Waals surface area contributed by atoms with Crippen molar-refractivity contribution in [3.63, 3.8) is 0 Å². The molecule has 3 aromatic rings. The molecular weight excluding hydrogens is 200 g/mol. The SMILES string of the molecule is [c]1cc2c(-c3ccccc3)cccc2s1. The summed E-state index contributed by atoms with van der Waals surface area (Å²) in [6.07, 6.45) is 0. The van der Waals surface area contributed by atoms with Gasteiger partial charge in [0.2, 0.25) is 0 Å². The van der Waals surface area contributed by atoms with E-state index in [1.807, 2.05) is 6.07 Å². The predicted octanol–water partition coefficient (Wildman–Crippen LogP) is 4.37. The number of benzene rings is 2. The van der Waals surface area contributed by atoms with Crippen LogP contribution in [0.2, 0.25) is 0 Å². The average Bonchev–Trinajstić information content (AvgIpc) is 2.78. The molecule has 1 heteroatoms. The van der Waals surface area contributed by atoms with E-state index in [4.69, 9.17) is 0 Å². The Morgan fingerprint density at radius 1 is 0.867 bits per heavy atom. The van der Waals surface area contributed by atoms with Crippen LogP contribution in [0.5, 0.6) is 0 Å². The van der Waals surface area contributed by atoms with Crippen molar-refractivity contribution in [3.05, 3.63) is 60.0 Å². The summed E-state index contributed by atoms with van der Waals surface area (Å²) >= 11 is 1.67. The van der Waals surface area contributed by atoms with Crippen LogP contribution >= 0.6 is 11.3 Å². The number of rotatable bonds is 1. The van der Waals surface area contributed by atoms with Crippen molar-refractivity contribution >= 4 is 21.4 Å². The number of thiophene rings is 1. The number of hydrogen-bond donors (Lipinski definition) is 0. The van der Waals surface area contributed by atoms with Crippen molar-refractivity contribution in [2.75, 3.05) is 0 Å². The molecule has 1 heterocycles. The van der Waals surface area contributed by atoms with Crippen LogP contribution in [0.3, 0.4) is 0 Å². The average molecular weight is 209 g/mol. The third-order valence-electron chi connectivity index (χ3n) is 2.52. The predicted molar refractivity (Wildman–Crippen MR) is 66.1 cm³/mol. The van der Waals surface area contributed by atoms with Gasteiger partial charge in [-0.25, -0.2) is 0 Å². The summed E-state index contributed by atoms with van der Waals surface area (Å²) in [7, 11) is 0. The highest BCUT2D eigenvalue weighted by molar-refractivity contribution is 7.16. The topological polar surface area (TPSA) is 0 Å². The molecule has 0 aliphatic carbocycles. The first kappa shape index (κ1) is 8.69. The summed E-state index contributed by atoms with van der Waals surface area (Å²) in [6.45, 7) is 0. The van der Waals surface area contributed by atoms with Crippen molar-refractivity contribution in [1.29, 1.82) is 0 Å². The minimum atomic E-state index is 1.27. The molecule has 0 aliphatic rings. The fraction of sp³-hybridized carbons (Fsp3) is 0. The molecule has 0 bridgehead atoms. The first-order valence-electron chi connectivity index (χ1n) is 4.89. The molecule has 0 saturated heterocycles. The van der Waals surface area contributed by atoms with Gasteiger partial charge in [-0.05, 0) is 23.3 Å². The highest BCUT2D eigenvalue weighted by Gasteiger charge is 2.03. The second-order valence-electron chi connectivity index (χ2n) is 3.45. The van der Waals surface area contributed by atoms with E-state index in [0.29, 0.717) is 0 Å². The van der Waals surface area contributed by atoms with E-state index in [0.717, 1.165) is 0 Å². The zero-order chi connectivity index (χ0) is 10.1. The van der Waals surface area contributed by atoms with Crippen molar-refractivity contribution in [2.45, 2.75) is 0 Å². The molecule has 1 aromatic heterocycles. The number of hydrogen-bond acceptors (Lipinski definition) is 1. The zero-order valence-electron chi connectivity index (χ0n) is 8.10. The highest BCUT2D eigenvalue weighted by atomic mass is 32.1. The molecule has 0 nitrogen and oxygen atoms in total. The Balaban J connectivity index is 2.31. The van der Waals surface area contributed by atoms with Crippen molar-refractivity contribution in [2.24, 2.45) is 0 Å². The van der Waals surface area contributed by atoms with E-state index in [2.05, 4.69) is 53.9 Å². The maximum absolute atomic E-state index is 3.19. The smallest absolute Gasteiger partial charge is 0.0455 e. The van der Waals surface area contributed by atoms with Crippen LogP contribution in [-0.4, -0.2) is 0 Å². The molecule has 0 atom stereocenters. The minimum Gasteiger partial charge on any atom is -0.134 e. The van der Waals surface area contributed by atoms with Gasteiger partial charge < -0.3 is 0 Å². The second kappa shape index (κ2) is 3.52. The monoisotopic (exact) mass is 209 g/mol. The van der Waals surface area contributed by atoms with E-state index in [1.165, 1.54) is 21.2 Å². The Kier molecular flexibility index (Phi) is 2.04. The molecule has 0 saturated carbocycles. The van der Waals surface area contributed by atoms with Crippen LogP contribution in [-0.2, 0) is 0 Å². The summed E-state index contributed by atoms with van der Waals surface area (Å²) in [4.78, 5) is 0. The van der Waals surface area contributed by atoms with Gasteiger partial charge in [-0.2, -0.15) is 0 Å². The van der Waals surface area contributed by atoms with Gasteiger partial charge in [0.05, 0.1) is 0 Å². The third-order valence-corrected chi connectivity index (χ3v) is 3.33. The molecule has 0 unspecified atom stereocenters. The summed E-state index contributed by atoms with van der Waals surface area (Å²) in [6, 6.07) is 19.0. The van der Waals surface area contributed by atoms with Gasteiger partial charge in [0.15, 0.2) is 0 Å². The van der Waals surface area contributed by atoms with Crippen molar-refractivity contribution in [1.82, 2.24) is 0 Å². The fourth-order valence-corrected chi connectivity index (χ4v) is 2.53. The molecule has 0 N–H and O–H groups in total. The summed E-state index contributed by atoms with van der Waals surface area (Å²) in [5.41, 5.74) is 2.57. The molecular formula is C14H9S. The Morgan fingerprint density at radius 2 is 1.73 bits per heavy atom. The molecule has 71 valence electrons. The van der Waals surface area contributed by atoms with Gasteiger partial charge in [0.25, 0.3) is 0 Å². The van der Waals surface area contributed by atoms with Crippen LogP contribution in [0.4, 0.5) is 0 Å². The quantitative estimate of drug-likeness (QED) is 0.558. The van der Waals surface area contributed by atoms with Crippen molar-refractivity contribution < 1.29 is 0 Å². The Morgan fingerprint density at radius 3 is 2.60 bits per heavy atom. The van der Waals surface area contributed by atoms with Crippen LogP contribution in [0.25, 0.3) is 21.2 Å². The minimum absolute atomic E-state index is 1.27. The van der Waals surface area contributed by atoms with Gasteiger partial charge in [0, 0.05) is 15.5 Å². The largest absolute Gasteiger partial charge is 0.134 e. The van der Waals surface area contributed by atoms with Gasteiger partial charge >= 0.3 is 0 Å². The highest BCUT2D eigenvalue weighted by Crippen LogP contribution is 2.30. The van der Waals surface area contributed by atoms with E-state index >= 15 is 0 Å². The van der Waals surface area contributed by atoms with Gasteiger partial charge in [-0.1, -0.05) is 42.5 Å². The summed E-state index contributed by atoms with van der Waals surface area (Å²) in [5, 5.41) is 4.49. The molecule has 2 aromatic carbocycles. The van der Waals surface area contributed by atoms with E-state index in [1.54, 1.807) is 11.3 Å². The molecule has 0 aliphatic heterocycles. The van der Waals surface area contributed by atoms with E-state index < -0.39 is 0 Å². The maximum atomic E-state index is 3.19. The van der Waals surface area contributed by atoms with Gasteiger partial charge in [-0.15, -0.1) is 11.3 Å².